The van der Waals surface area contributed by atoms with E-state index >= 15 is 0 Å². The average Bonchev–Trinajstić information content (AvgIpc) is 3.09. The number of amides is 2. The molecule has 5 nitrogen and oxygen atoms in total. The standard InChI is InChI=1S/C16H16BrN3O2S/c17-13-7-12(8-18-9-13)16(22)20-4-1-14(2-5-20)19-15(21)11-3-6-23-10-11/h3,6-10,14H,1-2,4-5H2,(H,19,21). The Morgan fingerprint density at radius 2 is 2.04 bits per heavy atom. The number of carbonyl (C=O) groups is 2. The highest BCUT2D eigenvalue weighted by molar-refractivity contribution is 9.10. The van der Waals surface area contributed by atoms with Gasteiger partial charge < -0.3 is 10.2 Å². The van der Waals surface area contributed by atoms with Crippen LogP contribution in [0, 0.1) is 0 Å². The number of pyridine rings is 1. The van der Waals surface area contributed by atoms with Gasteiger partial charge in [-0.2, -0.15) is 11.3 Å². The van der Waals surface area contributed by atoms with Gasteiger partial charge in [0.25, 0.3) is 11.8 Å². The van der Waals surface area contributed by atoms with Gasteiger partial charge in [0.2, 0.25) is 0 Å². The largest absolute Gasteiger partial charge is 0.349 e. The van der Waals surface area contributed by atoms with Crippen molar-refractivity contribution in [3.8, 4) is 0 Å². The van der Waals surface area contributed by atoms with Gasteiger partial charge in [-0.1, -0.05) is 0 Å². The van der Waals surface area contributed by atoms with E-state index in [1.54, 1.807) is 18.5 Å². The number of rotatable bonds is 3. The fraction of sp³-hybridized carbons (Fsp3) is 0.312. The molecule has 1 aliphatic heterocycles. The third-order valence-corrected chi connectivity index (χ3v) is 4.97. The van der Waals surface area contributed by atoms with Crippen molar-refractivity contribution in [3.63, 3.8) is 0 Å². The van der Waals surface area contributed by atoms with Gasteiger partial charge in [-0.15, -0.1) is 0 Å². The molecule has 3 heterocycles. The first-order chi connectivity index (χ1) is 11.1. The second kappa shape index (κ2) is 7.23. The first-order valence-corrected chi connectivity index (χ1v) is 9.10. The van der Waals surface area contributed by atoms with Crippen LogP contribution < -0.4 is 5.32 Å². The van der Waals surface area contributed by atoms with Gasteiger partial charge in [0.1, 0.15) is 0 Å². The molecule has 0 radical (unpaired) electrons. The molecule has 0 spiro atoms. The van der Waals surface area contributed by atoms with E-state index in [0.717, 1.165) is 17.3 Å². The van der Waals surface area contributed by atoms with Crippen LogP contribution in [0.1, 0.15) is 33.6 Å². The molecule has 0 aliphatic carbocycles. The van der Waals surface area contributed by atoms with E-state index in [0.29, 0.717) is 24.2 Å². The van der Waals surface area contributed by atoms with Crippen LogP contribution in [0.15, 0.2) is 39.8 Å². The maximum Gasteiger partial charge on any atom is 0.255 e. The topological polar surface area (TPSA) is 62.3 Å². The molecule has 0 saturated carbocycles. The maximum absolute atomic E-state index is 12.4. The Morgan fingerprint density at radius 3 is 2.70 bits per heavy atom. The summed E-state index contributed by atoms with van der Waals surface area (Å²) in [7, 11) is 0. The van der Waals surface area contributed by atoms with Gasteiger partial charge in [0.15, 0.2) is 0 Å². The van der Waals surface area contributed by atoms with Gasteiger partial charge in [0, 0.05) is 46.9 Å². The quantitative estimate of drug-likeness (QED) is 0.871. The van der Waals surface area contributed by atoms with Gasteiger partial charge >= 0.3 is 0 Å². The minimum atomic E-state index is -0.0350. The lowest BCUT2D eigenvalue weighted by atomic mass is 10.0. The van der Waals surface area contributed by atoms with E-state index in [9.17, 15) is 9.59 Å². The van der Waals surface area contributed by atoms with E-state index in [4.69, 9.17) is 0 Å². The summed E-state index contributed by atoms with van der Waals surface area (Å²) >= 11 is 4.84. The number of nitrogens with one attached hydrogen (secondary N) is 1. The van der Waals surface area contributed by atoms with Crippen LogP contribution in [0.5, 0.6) is 0 Å². The molecule has 120 valence electrons. The molecule has 1 aliphatic rings. The summed E-state index contributed by atoms with van der Waals surface area (Å²) in [6.45, 7) is 1.28. The number of carbonyl (C=O) groups excluding carboxylic acids is 2. The van der Waals surface area contributed by atoms with Crippen molar-refractivity contribution in [3.05, 3.63) is 50.9 Å². The minimum Gasteiger partial charge on any atom is -0.349 e. The van der Waals surface area contributed by atoms with Crippen LogP contribution in [0.3, 0.4) is 0 Å². The Morgan fingerprint density at radius 1 is 1.26 bits per heavy atom. The predicted octanol–water partition coefficient (Wildman–Crippen LogP) is 2.94. The molecule has 2 aromatic rings. The normalized spacial score (nSPS) is 15.4. The summed E-state index contributed by atoms with van der Waals surface area (Å²) < 4.78 is 0.793. The molecular weight excluding hydrogens is 378 g/mol. The molecular formula is C16H16BrN3O2S. The van der Waals surface area contributed by atoms with E-state index in [-0.39, 0.29) is 17.9 Å². The van der Waals surface area contributed by atoms with Crippen LogP contribution in [0.4, 0.5) is 0 Å². The second-order valence-electron chi connectivity index (χ2n) is 5.44. The number of thiophene rings is 1. The van der Waals surface area contributed by atoms with Crippen LogP contribution in [-0.2, 0) is 0 Å². The van der Waals surface area contributed by atoms with Gasteiger partial charge in [-0.25, -0.2) is 0 Å². The predicted molar refractivity (Wildman–Crippen MR) is 92.6 cm³/mol. The second-order valence-corrected chi connectivity index (χ2v) is 7.14. The summed E-state index contributed by atoms with van der Waals surface area (Å²) in [5.41, 5.74) is 1.29. The number of halogens is 1. The Balaban J connectivity index is 1.54. The molecule has 0 unspecified atom stereocenters. The molecule has 1 saturated heterocycles. The molecule has 23 heavy (non-hydrogen) atoms. The zero-order valence-electron chi connectivity index (χ0n) is 12.4. The van der Waals surface area contributed by atoms with Crippen molar-refractivity contribution in [1.29, 1.82) is 0 Å². The summed E-state index contributed by atoms with van der Waals surface area (Å²) in [5.74, 6) is -0.0476. The van der Waals surface area contributed by atoms with Crippen molar-refractivity contribution in [2.75, 3.05) is 13.1 Å². The molecule has 2 aromatic heterocycles. The van der Waals surface area contributed by atoms with Gasteiger partial charge in [-0.3, -0.25) is 14.6 Å². The van der Waals surface area contributed by atoms with E-state index < -0.39 is 0 Å². The van der Waals surface area contributed by atoms with Crippen molar-refractivity contribution in [2.24, 2.45) is 0 Å². The fourth-order valence-electron chi connectivity index (χ4n) is 2.60. The summed E-state index contributed by atoms with van der Waals surface area (Å²) in [6, 6.07) is 3.71. The minimum absolute atomic E-state index is 0.0126. The highest BCUT2D eigenvalue weighted by Crippen LogP contribution is 2.17. The molecule has 0 atom stereocenters. The lowest BCUT2D eigenvalue weighted by molar-refractivity contribution is 0.0697. The molecule has 0 bridgehead atoms. The van der Waals surface area contributed by atoms with Crippen LogP contribution in [0.2, 0.25) is 0 Å². The Kier molecular flexibility index (Phi) is 5.07. The van der Waals surface area contributed by atoms with Crippen LogP contribution in [-0.4, -0.2) is 40.8 Å². The summed E-state index contributed by atoms with van der Waals surface area (Å²) in [6.07, 6.45) is 4.77. The first-order valence-electron chi connectivity index (χ1n) is 7.36. The SMILES string of the molecule is O=C(NC1CCN(C(=O)c2cncc(Br)c2)CC1)c1ccsc1. The van der Waals surface area contributed by atoms with E-state index in [2.05, 4.69) is 26.2 Å². The first kappa shape index (κ1) is 16.1. The zero-order chi connectivity index (χ0) is 16.2. The number of aromatic nitrogens is 1. The Hall–Kier alpha value is -1.73. The summed E-state index contributed by atoms with van der Waals surface area (Å²) in [4.78, 5) is 30.3. The molecule has 0 aromatic carbocycles. The zero-order valence-corrected chi connectivity index (χ0v) is 14.8. The summed E-state index contributed by atoms with van der Waals surface area (Å²) in [5, 5.41) is 6.77. The smallest absolute Gasteiger partial charge is 0.255 e. The highest BCUT2D eigenvalue weighted by Gasteiger charge is 2.25. The molecule has 1 N–H and O–H groups in total. The van der Waals surface area contributed by atoms with Crippen molar-refractivity contribution in [1.82, 2.24) is 15.2 Å². The van der Waals surface area contributed by atoms with Crippen molar-refractivity contribution < 1.29 is 9.59 Å². The average molecular weight is 394 g/mol. The maximum atomic E-state index is 12.4. The molecule has 2 amide bonds. The molecule has 3 rings (SSSR count). The lowest BCUT2D eigenvalue weighted by Crippen LogP contribution is -2.46. The molecule has 7 heteroatoms. The van der Waals surface area contributed by atoms with E-state index in [1.165, 1.54) is 11.3 Å². The van der Waals surface area contributed by atoms with Gasteiger partial charge in [-0.05, 0) is 46.3 Å². The Labute approximate surface area is 146 Å². The Bertz CT molecular complexity index is 697. The number of nitrogens with zero attached hydrogens (tertiary/aromatic N) is 2. The lowest BCUT2D eigenvalue weighted by Gasteiger charge is -2.32. The number of likely N-dealkylation sites (tertiary alicyclic amines) is 1. The van der Waals surface area contributed by atoms with Crippen molar-refractivity contribution >= 4 is 39.1 Å². The van der Waals surface area contributed by atoms with Crippen LogP contribution >= 0.6 is 27.3 Å². The third kappa shape index (κ3) is 3.97. The van der Waals surface area contributed by atoms with Gasteiger partial charge in [0.05, 0.1) is 5.56 Å². The van der Waals surface area contributed by atoms with Crippen LogP contribution in [0.25, 0.3) is 0 Å². The third-order valence-electron chi connectivity index (χ3n) is 3.85. The monoisotopic (exact) mass is 393 g/mol. The molecule has 1 fully saturated rings. The van der Waals surface area contributed by atoms with E-state index in [1.807, 2.05) is 21.7 Å². The highest BCUT2D eigenvalue weighted by atomic mass is 79.9. The number of hydrogen-bond acceptors (Lipinski definition) is 4. The number of piperidine rings is 1. The fourth-order valence-corrected chi connectivity index (χ4v) is 3.60. The number of hydrogen-bond donors (Lipinski definition) is 1. The van der Waals surface area contributed by atoms with Crippen molar-refractivity contribution in [2.45, 2.75) is 18.9 Å².